The molecule has 0 saturated carbocycles. The molecule has 1 aromatic heterocycles. The lowest BCUT2D eigenvalue weighted by Crippen LogP contribution is -2.27. The Bertz CT molecular complexity index is 425. The quantitative estimate of drug-likeness (QED) is 0.748. The van der Waals surface area contributed by atoms with Gasteiger partial charge in [0.15, 0.2) is 0 Å². The molecule has 1 heterocycles. The summed E-state index contributed by atoms with van der Waals surface area (Å²) >= 11 is 0. The maximum Gasteiger partial charge on any atom is 0.379 e. The number of rotatable bonds is 2. The molecule has 1 aromatic rings. The molecular weight excluding hydrogens is 196 g/mol. The number of aromatic amines is 1. The van der Waals surface area contributed by atoms with Crippen LogP contribution in [0.15, 0.2) is 17.1 Å². The van der Waals surface area contributed by atoms with Crippen molar-refractivity contribution in [2.75, 3.05) is 0 Å². The largest absolute Gasteiger partial charge is 0.477 e. The van der Waals surface area contributed by atoms with Gasteiger partial charge in [-0.05, 0) is 13.0 Å². The van der Waals surface area contributed by atoms with Gasteiger partial charge in [0.1, 0.15) is 0 Å². The van der Waals surface area contributed by atoms with Crippen molar-refractivity contribution in [3.8, 4) is 0 Å². The average molecular weight is 203 g/mol. The predicted octanol–water partition coefficient (Wildman–Crippen LogP) is 0.860. The number of aryl methyl sites for hydroxylation is 1. The molecule has 0 unspecified atom stereocenters. The lowest BCUT2D eigenvalue weighted by molar-refractivity contribution is -0.166. The molecule has 0 spiro atoms. The van der Waals surface area contributed by atoms with E-state index in [0.717, 1.165) is 6.07 Å². The Balaban J connectivity index is 3.27. The molecule has 0 fully saturated rings. The van der Waals surface area contributed by atoms with Gasteiger partial charge in [-0.25, -0.2) is 4.79 Å². The average Bonchev–Trinajstić information content (AvgIpc) is 2.09. The zero-order valence-electron chi connectivity index (χ0n) is 7.17. The van der Waals surface area contributed by atoms with Crippen molar-refractivity contribution in [3.05, 3.63) is 33.7 Å². The number of halogens is 2. The van der Waals surface area contributed by atoms with Crippen LogP contribution in [0.5, 0.6) is 0 Å². The second-order valence-corrected chi connectivity index (χ2v) is 2.78. The minimum absolute atomic E-state index is 0.0448. The monoisotopic (exact) mass is 203 g/mol. The van der Waals surface area contributed by atoms with Gasteiger partial charge in [-0.2, -0.15) is 8.78 Å². The third-order valence-electron chi connectivity index (χ3n) is 1.72. The summed E-state index contributed by atoms with van der Waals surface area (Å²) in [6.07, 6.45) is 0.698. The summed E-state index contributed by atoms with van der Waals surface area (Å²) in [5, 5.41) is 8.21. The smallest absolute Gasteiger partial charge is 0.379 e. The predicted molar refractivity (Wildman–Crippen MR) is 43.3 cm³/mol. The van der Waals surface area contributed by atoms with Crippen molar-refractivity contribution in [3.63, 3.8) is 0 Å². The number of alkyl halides is 2. The number of H-pyrrole nitrogens is 1. The standard InChI is InChI=1S/C8H7F2NO3/c1-4-2-5(3-11-6(4)12)8(9,10)7(13)14/h2-3H,1H3,(H,11,12)(H,13,14). The van der Waals surface area contributed by atoms with Gasteiger partial charge >= 0.3 is 11.9 Å². The van der Waals surface area contributed by atoms with E-state index in [1.807, 2.05) is 4.98 Å². The number of carboxylic acids is 1. The van der Waals surface area contributed by atoms with Gasteiger partial charge in [0.25, 0.3) is 5.56 Å². The summed E-state index contributed by atoms with van der Waals surface area (Å²) < 4.78 is 25.7. The van der Waals surface area contributed by atoms with Gasteiger partial charge < -0.3 is 10.1 Å². The second kappa shape index (κ2) is 3.21. The summed E-state index contributed by atoms with van der Waals surface area (Å²) in [7, 11) is 0. The molecule has 0 amide bonds. The molecule has 0 aliphatic heterocycles. The molecule has 6 heteroatoms. The molecule has 0 aliphatic carbocycles. The molecule has 4 nitrogen and oxygen atoms in total. The number of carbonyl (C=O) groups is 1. The maximum atomic E-state index is 12.9. The number of nitrogens with one attached hydrogen (secondary N) is 1. The molecule has 0 aromatic carbocycles. The highest BCUT2D eigenvalue weighted by Crippen LogP contribution is 2.27. The Hall–Kier alpha value is -1.72. The lowest BCUT2D eigenvalue weighted by atomic mass is 10.1. The Morgan fingerprint density at radius 1 is 1.57 bits per heavy atom. The van der Waals surface area contributed by atoms with Gasteiger partial charge in [-0.3, -0.25) is 4.79 Å². The van der Waals surface area contributed by atoms with E-state index < -0.39 is 23.0 Å². The van der Waals surface area contributed by atoms with Crippen molar-refractivity contribution in [1.29, 1.82) is 0 Å². The van der Waals surface area contributed by atoms with Crippen LogP contribution in [0.4, 0.5) is 8.78 Å². The van der Waals surface area contributed by atoms with Crippen molar-refractivity contribution in [2.24, 2.45) is 0 Å². The molecule has 0 radical (unpaired) electrons. The van der Waals surface area contributed by atoms with Gasteiger partial charge in [-0.1, -0.05) is 0 Å². The van der Waals surface area contributed by atoms with Crippen LogP contribution < -0.4 is 5.56 Å². The summed E-state index contributed by atoms with van der Waals surface area (Å²) in [6, 6.07) is 0.854. The van der Waals surface area contributed by atoms with E-state index in [2.05, 4.69) is 0 Å². The molecule has 1 rings (SSSR count). The van der Waals surface area contributed by atoms with Crippen molar-refractivity contribution in [1.82, 2.24) is 4.98 Å². The van der Waals surface area contributed by atoms with E-state index >= 15 is 0 Å². The normalized spacial score (nSPS) is 11.4. The van der Waals surface area contributed by atoms with E-state index in [1.54, 1.807) is 0 Å². The van der Waals surface area contributed by atoms with E-state index in [-0.39, 0.29) is 5.56 Å². The summed E-state index contributed by atoms with van der Waals surface area (Å²) in [6.45, 7) is 1.32. The lowest BCUT2D eigenvalue weighted by Gasteiger charge is -2.10. The number of hydrogen-bond acceptors (Lipinski definition) is 2. The third-order valence-corrected chi connectivity index (χ3v) is 1.72. The highest BCUT2D eigenvalue weighted by molar-refractivity contribution is 5.77. The van der Waals surface area contributed by atoms with Gasteiger partial charge in [-0.15, -0.1) is 0 Å². The van der Waals surface area contributed by atoms with Crippen LogP contribution in [0.25, 0.3) is 0 Å². The van der Waals surface area contributed by atoms with E-state index in [0.29, 0.717) is 6.20 Å². The van der Waals surface area contributed by atoms with Crippen LogP contribution >= 0.6 is 0 Å². The first-order valence-corrected chi connectivity index (χ1v) is 3.66. The zero-order valence-corrected chi connectivity index (χ0v) is 7.17. The SMILES string of the molecule is Cc1cc(C(F)(F)C(=O)O)c[nH]c1=O. The number of aliphatic carboxylic acids is 1. The first-order valence-electron chi connectivity index (χ1n) is 3.66. The molecule has 0 atom stereocenters. The van der Waals surface area contributed by atoms with Crippen LogP contribution in [-0.2, 0) is 10.7 Å². The Morgan fingerprint density at radius 3 is 2.57 bits per heavy atom. The molecular formula is C8H7F2NO3. The van der Waals surface area contributed by atoms with Gasteiger partial charge in [0.05, 0.1) is 0 Å². The fraction of sp³-hybridized carbons (Fsp3) is 0.250. The van der Waals surface area contributed by atoms with Crippen molar-refractivity contribution in [2.45, 2.75) is 12.8 Å². The molecule has 0 bridgehead atoms. The molecule has 76 valence electrons. The van der Waals surface area contributed by atoms with Crippen molar-refractivity contribution < 1.29 is 18.7 Å². The summed E-state index contributed by atoms with van der Waals surface area (Å²) in [4.78, 5) is 23.0. The van der Waals surface area contributed by atoms with Crippen LogP contribution in [0, 0.1) is 6.92 Å². The Kier molecular flexibility index (Phi) is 2.37. The highest BCUT2D eigenvalue weighted by atomic mass is 19.3. The maximum absolute atomic E-state index is 12.9. The van der Waals surface area contributed by atoms with Crippen LogP contribution in [0.3, 0.4) is 0 Å². The number of aromatic nitrogens is 1. The van der Waals surface area contributed by atoms with Crippen LogP contribution in [0.1, 0.15) is 11.1 Å². The molecule has 2 N–H and O–H groups in total. The Morgan fingerprint density at radius 2 is 2.14 bits per heavy atom. The first-order chi connectivity index (χ1) is 6.35. The fourth-order valence-corrected chi connectivity index (χ4v) is 0.902. The fourth-order valence-electron chi connectivity index (χ4n) is 0.902. The zero-order chi connectivity index (χ0) is 10.9. The molecule has 0 saturated heterocycles. The topological polar surface area (TPSA) is 70.2 Å². The van der Waals surface area contributed by atoms with Gasteiger partial charge in [0.2, 0.25) is 0 Å². The van der Waals surface area contributed by atoms with E-state index in [4.69, 9.17) is 5.11 Å². The number of hydrogen-bond donors (Lipinski definition) is 2. The molecule has 14 heavy (non-hydrogen) atoms. The molecule has 0 aliphatic rings. The minimum atomic E-state index is -3.98. The summed E-state index contributed by atoms with van der Waals surface area (Å²) in [5.41, 5.74) is -1.21. The Labute approximate surface area is 77.2 Å². The van der Waals surface area contributed by atoms with Crippen LogP contribution in [0.2, 0.25) is 0 Å². The van der Waals surface area contributed by atoms with E-state index in [1.165, 1.54) is 6.92 Å². The van der Waals surface area contributed by atoms with Crippen molar-refractivity contribution >= 4 is 5.97 Å². The third kappa shape index (κ3) is 1.63. The number of pyridine rings is 1. The second-order valence-electron chi connectivity index (χ2n) is 2.78. The summed E-state index contributed by atoms with van der Waals surface area (Å²) in [5.74, 6) is -6.22. The number of carboxylic acid groups (broad SMARTS) is 1. The van der Waals surface area contributed by atoms with E-state index in [9.17, 15) is 18.4 Å². The minimum Gasteiger partial charge on any atom is -0.477 e. The first kappa shape index (κ1) is 10.4. The van der Waals surface area contributed by atoms with Crippen LogP contribution in [-0.4, -0.2) is 16.1 Å². The highest BCUT2D eigenvalue weighted by Gasteiger charge is 2.41. The van der Waals surface area contributed by atoms with Gasteiger partial charge in [0, 0.05) is 17.3 Å².